The maximum Gasteiger partial charge on any atom is 0.135 e. The van der Waals surface area contributed by atoms with Gasteiger partial charge in [0, 0.05) is 61.1 Å². The highest BCUT2D eigenvalue weighted by Gasteiger charge is 2.22. The Labute approximate surface area is 298 Å². The van der Waals surface area contributed by atoms with E-state index in [1.165, 1.54) is 54.9 Å². The number of furan rings is 2. The van der Waals surface area contributed by atoms with Crippen molar-refractivity contribution >= 4 is 88.3 Å². The number of fused-ring (bicyclic) bond motifs is 12. The molecule has 7 aromatic carbocycles. The van der Waals surface area contributed by atoms with E-state index in [9.17, 15) is 0 Å². The Morgan fingerprint density at radius 2 is 0.865 bits per heavy atom. The van der Waals surface area contributed by atoms with Gasteiger partial charge in [0.05, 0.1) is 22.1 Å². The Morgan fingerprint density at radius 1 is 0.385 bits per heavy atom. The molecule has 0 fully saturated rings. The Bertz CT molecular complexity index is 3200. The fraction of sp³-hybridized carbons (Fsp3) is 0.0417. The molecule has 11 aromatic rings. The first-order valence-corrected chi connectivity index (χ1v) is 18.0. The van der Waals surface area contributed by atoms with E-state index < -0.39 is 0 Å². The summed E-state index contributed by atoms with van der Waals surface area (Å²) in [6.45, 7) is 0. The largest absolute Gasteiger partial charge is 0.460 e. The quantitative estimate of drug-likeness (QED) is 0.188. The Morgan fingerprint density at radius 3 is 1.46 bits per heavy atom. The molecule has 4 heteroatoms. The molecular formula is C48H30N2O2. The maximum atomic E-state index is 6.48. The average Bonchev–Trinajstić information content (AvgIpc) is 3.94. The number of allylic oxidation sites excluding steroid dienone is 1. The molecule has 0 spiro atoms. The first-order valence-electron chi connectivity index (χ1n) is 18.0. The molecule has 0 atom stereocenters. The fourth-order valence-electron chi connectivity index (χ4n) is 8.86. The van der Waals surface area contributed by atoms with Gasteiger partial charge in [0.2, 0.25) is 0 Å². The SMILES string of the molecule is C1=C(n2c3ccccc3c3ccccc32)CCc2oc3ccc(-c4ccc5oc6ccc(-n7c8ccccc8c8ccccc87)cc6c5c4)cc3c21. The van der Waals surface area contributed by atoms with Gasteiger partial charge in [-0.05, 0) is 90.4 Å². The van der Waals surface area contributed by atoms with Gasteiger partial charge in [-0.1, -0.05) is 84.9 Å². The molecule has 0 saturated heterocycles. The number of nitrogens with zero attached hydrogens (tertiary/aromatic N) is 2. The fourth-order valence-corrected chi connectivity index (χ4v) is 8.86. The summed E-state index contributed by atoms with van der Waals surface area (Å²) < 4.78 is 17.7. The highest BCUT2D eigenvalue weighted by molar-refractivity contribution is 6.12. The lowest BCUT2D eigenvalue weighted by Gasteiger charge is -2.16. The third-order valence-corrected chi connectivity index (χ3v) is 11.2. The smallest absolute Gasteiger partial charge is 0.135 e. The van der Waals surface area contributed by atoms with E-state index in [0.717, 1.165) is 68.3 Å². The molecule has 52 heavy (non-hydrogen) atoms. The second-order valence-corrected chi connectivity index (χ2v) is 14.0. The van der Waals surface area contributed by atoms with E-state index in [-0.39, 0.29) is 0 Å². The van der Waals surface area contributed by atoms with Gasteiger partial charge in [0.15, 0.2) is 0 Å². The lowest BCUT2D eigenvalue weighted by molar-refractivity contribution is 0.546. The molecular weight excluding hydrogens is 637 g/mol. The molecule has 244 valence electrons. The lowest BCUT2D eigenvalue weighted by atomic mass is 9.96. The zero-order valence-electron chi connectivity index (χ0n) is 28.1. The summed E-state index contributed by atoms with van der Waals surface area (Å²) in [6, 6.07) is 54.5. The highest BCUT2D eigenvalue weighted by Crippen LogP contribution is 2.41. The van der Waals surface area contributed by atoms with Crippen molar-refractivity contribution in [1.82, 2.24) is 9.13 Å². The zero-order valence-corrected chi connectivity index (χ0v) is 28.1. The van der Waals surface area contributed by atoms with Crippen molar-refractivity contribution in [3.8, 4) is 16.8 Å². The molecule has 0 N–H and O–H groups in total. The van der Waals surface area contributed by atoms with Crippen LogP contribution in [0.1, 0.15) is 17.7 Å². The molecule has 1 aliphatic carbocycles. The molecule has 0 amide bonds. The van der Waals surface area contributed by atoms with Crippen LogP contribution in [0.2, 0.25) is 0 Å². The normalized spacial score (nSPS) is 13.3. The van der Waals surface area contributed by atoms with Crippen LogP contribution in [0.4, 0.5) is 0 Å². The number of benzene rings is 7. The minimum atomic E-state index is 0.868. The molecule has 4 heterocycles. The standard InChI is InChI=1S/C48H30N2O2/c1-5-13-41-33(9-1)34-10-2-6-14-42(34)49(41)31-19-23-47-39(27-31)37-25-29(17-21-45(37)51-47)30-18-22-46-38(26-30)40-28-32(20-24-48(40)52-46)50-43-15-7-3-11-35(43)36-12-4-8-16-44(36)50/h1-19,21-23,25-28H,20,24H2. The van der Waals surface area contributed by atoms with Crippen LogP contribution in [-0.4, -0.2) is 9.13 Å². The molecule has 1 aliphatic rings. The summed E-state index contributed by atoms with van der Waals surface area (Å²) in [5.74, 6) is 1.06. The van der Waals surface area contributed by atoms with E-state index >= 15 is 0 Å². The van der Waals surface area contributed by atoms with Gasteiger partial charge in [-0.25, -0.2) is 0 Å². The summed E-state index contributed by atoms with van der Waals surface area (Å²) in [4.78, 5) is 0. The molecule has 0 radical (unpaired) electrons. The Balaban J connectivity index is 0.999. The predicted molar refractivity (Wildman–Crippen MR) is 215 cm³/mol. The summed E-state index contributed by atoms with van der Waals surface area (Å²) in [5.41, 5.74) is 13.5. The van der Waals surface area contributed by atoms with Crippen LogP contribution in [0.15, 0.2) is 160 Å². The van der Waals surface area contributed by atoms with Crippen LogP contribution < -0.4 is 0 Å². The number of hydrogen-bond donors (Lipinski definition) is 0. The van der Waals surface area contributed by atoms with E-state index in [0.29, 0.717) is 0 Å². The van der Waals surface area contributed by atoms with Crippen LogP contribution in [0.25, 0.3) is 105 Å². The summed E-state index contributed by atoms with van der Waals surface area (Å²) in [6.07, 6.45) is 4.15. The molecule has 0 bridgehead atoms. The predicted octanol–water partition coefficient (Wildman–Crippen LogP) is 13.1. The van der Waals surface area contributed by atoms with E-state index in [4.69, 9.17) is 8.83 Å². The van der Waals surface area contributed by atoms with Crippen LogP contribution in [-0.2, 0) is 6.42 Å². The molecule has 4 aromatic heterocycles. The Hall–Kier alpha value is -6.78. The number of aryl methyl sites for hydroxylation is 1. The molecule has 0 unspecified atom stereocenters. The van der Waals surface area contributed by atoms with Crippen molar-refractivity contribution in [2.45, 2.75) is 12.8 Å². The second-order valence-electron chi connectivity index (χ2n) is 14.0. The van der Waals surface area contributed by atoms with Crippen molar-refractivity contribution < 1.29 is 8.83 Å². The topological polar surface area (TPSA) is 36.1 Å². The lowest BCUT2D eigenvalue weighted by Crippen LogP contribution is -2.03. The van der Waals surface area contributed by atoms with Gasteiger partial charge in [-0.3, -0.25) is 0 Å². The van der Waals surface area contributed by atoms with Crippen LogP contribution in [0, 0.1) is 0 Å². The third kappa shape index (κ3) is 3.86. The van der Waals surface area contributed by atoms with Crippen LogP contribution in [0.5, 0.6) is 0 Å². The first kappa shape index (κ1) is 28.0. The third-order valence-electron chi connectivity index (χ3n) is 11.2. The minimum Gasteiger partial charge on any atom is -0.460 e. The van der Waals surface area contributed by atoms with Gasteiger partial charge < -0.3 is 18.0 Å². The summed E-state index contributed by atoms with van der Waals surface area (Å²) in [5, 5.41) is 8.45. The number of para-hydroxylation sites is 4. The van der Waals surface area contributed by atoms with Crippen molar-refractivity contribution in [1.29, 1.82) is 0 Å². The minimum absolute atomic E-state index is 0.868. The highest BCUT2D eigenvalue weighted by atomic mass is 16.3. The van der Waals surface area contributed by atoms with Crippen molar-refractivity contribution in [3.05, 3.63) is 163 Å². The molecule has 0 saturated carbocycles. The van der Waals surface area contributed by atoms with Crippen molar-refractivity contribution in [3.63, 3.8) is 0 Å². The zero-order chi connectivity index (χ0) is 33.9. The van der Waals surface area contributed by atoms with Crippen molar-refractivity contribution in [2.75, 3.05) is 0 Å². The molecule has 0 aliphatic heterocycles. The molecule has 12 rings (SSSR count). The van der Waals surface area contributed by atoms with Gasteiger partial charge in [-0.15, -0.1) is 0 Å². The van der Waals surface area contributed by atoms with E-state index in [2.05, 4.69) is 167 Å². The van der Waals surface area contributed by atoms with Gasteiger partial charge in [0.1, 0.15) is 22.5 Å². The monoisotopic (exact) mass is 666 g/mol. The average molecular weight is 667 g/mol. The Kier molecular flexibility index (Phi) is 5.58. The van der Waals surface area contributed by atoms with Crippen LogP contribution >= 0.6 is 0 Å². The summed E-state index contributed by atoms with van der Waals surface area (Å²) >= 11 is 0. The van der Waals surface area contributed by atoms with Gasteiger partial charge in [0.25, 0.3) is 0 Å². The number of hydrogen-bond acceptors (Lipinski definition) is 2. The van der Waals surface area contributed by atoms with Gasteiger partial charge in [-0.2, -0.15) is 0 Å². The first-order chi connectivity index (χ1) is 25.8. The summed E-state index contributed by atoms with van der Waals surface area (Å²) in [7, 11) is 0. The van der Waals surface area contributed by atoms with Crippen LogP contribution in [0.3, 0.4) is 0 Å². The number of aromatic nitrogens is 2. The van der Waals surface area contributed by atoms with E-state index in [1.807, 2.05) is 0 Å². The maximum absolute atomic E-state index is 6.48. The van der Waals surface area contributed by atoms with Gasteiger partial charge >= 0.3 is 0 Å². The van der Waals surface area contributed by atoms with E-state index in [1.54, 1.807) is 0 Å². The second kappa shape index (κ2) is 10.4. The number of rotatable bonds is 3. The van der Waals surface area contributed by atoms with Crippen molar-refractivity contribution in [2.24, 2.45) is 0 Å². The molecule has 4 nitrogen and oxygen atoms in total.